The van der Waals surface area contributed by atoms with Crippen LogP contribution in [-0.4, -0.2) is 41.7 Å². The van der Waals surface area contributed by atoms with Crippen molar-refractivity contribution in [3.05, 3.63) is 54.0 Å². The van der Waals surface area contributed by atoms with Crippen LogP contribution in [0.5, 0.6) is 0 Å². The second kappa shape index (κ2) is 7.75. The van der Waals surface area contributed by atoms with E-state index in [9.17, 15) is 0 Å². The molecule has 0 bridgehead atoms. The summed E-state index contributed by atoms with van der Waals surface area (Å²) in [5.41, 5.74) is 15.5. The Kier molecular flexibility index (Phi) is 4.98. The van der Waals surface area contributed by atoms with Crippen molar-refractivity contribution in [1.82, 2.24) is 26.1 Å². The van der Waals surface area contributed by atoms with E-state index in [1.165, 1.54) is 5.56 Å². The van der Waals surface area contributed by atoms with Crippen molar-refractivity contribution in [3.63, 3.8) is 0 Å². The lowest BCUT2D eigenvalue weighted by atomic mass is 9.81. The average Bonchev–Trinajstić information content (AvgIpc) is 3.18. The molecule has 28 heavy (non-hydrogen) atoms. The highest BCUT2D eigenvalue weighted by molar-refractivity contribution is 5.41. The molecule has 4 unspecified atom stereocenters. The van der Waals surface area contributed by atoms with E-state index in [2.05, 4.69) is 50.3 Å². The molecule has 5 atom stereocenters. The first kappa shape index (κ1) is 18.0. The number of nitrogens with two attached hydrogens (primary N) is 1. The molecule has 0 amide bonds. The number of rotatable bonds is 3. The largest absolute Gasteiger partial charge is 0.355 e. The minimum atomic E-state index is 0.213. The summed E-state index contributed by atoms with van der Waals surface area (Å²) in [7, 11) is 0. The molecule has 5 rings (SSSR count). The monoisotopic (exact) mass is 379 g/mol. The van der Waals surface area contributed by atoms with Crippen molar-refractivity contribution < 1.29 is 0 Å². The Morgan fingerprint density at radius 1 is 1.14 bits per heavy atom. The van der Waals surface area contributed by atoms with Crippen molar-refractivity contribution in [2.24, 2.45) is 11.7 Å². The summed E-state index contributed by atoms with van der Waals surface area (Å²) >= 11 is 0. The van der Waals surface area contributed by atoms with Crippen LogP contribution < -0.4 is 26.8 Å². The van der Waals surface area contributed by atoms with E-state index < -0.39 is 0 Å². The summed E-state index contributed by atoms with van der Waals surface area (Å²) in [4.78, 5) is 11.7. The minimum Gasteiger partial charge on any atom is -0.355 e. The molecule has 3 aliphatic rings. The molecule has 7 nitrogen and oxygen atoms in total. The molecule has 2 aromatic rings. The standard InChI is InChI=1S/C21H29N7/c22-15-5-3-9-28(13-15)20-7-1-6-17(25-20)21-16-10-18(14-4-2-8-23-11-14)24-12-19(16)26-27-21/h1-2,4,6-8,11,15-16,18-19,21,24,26-27H,3,5,9-10,12-13,22H2/t15-,16?,18?,19?,21?/m1/s1. The summed E-state index contributed by atoms with van der Waals surface area (Å²) in [5, 5.41) is 3.66. The molecule has 0 aliphatic carbocycles. The molecule has 3 aliphatic heterocycles. The first-order valence-corrected chi connectivity index (χ1v) is 10.4. The quantitative estimate of drug-likeness (QED) is 0.638. The lowest BCUT2D eigenvalue weighted by molar-refractivity contribution is 0.265. The highest BCUT2D eigenvalue weighted by atomic mass is 15.4. The molecule has 2 aromatic heterocycles. The van der Waals surface area contributed by atoms with Gasteiger partial charge in [0.05, 0.1) is 11.7 Å². The fraction of sp³-hybridized carbons (Fsp3) is 0.524. The van der Waals surface area contributed by atoms with E-state index in [1.54, 1.807) is 0 Å². The minimum absolute atomic E-state index is 0.213. The normalized spacial score (nSPS) is 32.9. The van der Waals surface area contributed by atoms with E-state index in [1.807, 2.05) is 18.5 Å². The number of hydrazine groups is 1. The number of piperidine rings is 2. The second-order valence-electron chi connectivity index (χ2n) is 8.29. The Morgan fingerprint density at radius 2 is 2.11 bits per heavy atom. The van der Waals surface area contributed by atoms with Gasteiger partial charge in [0.25, 0.3) is 0 Å². The Labute approximate surface area is 166 Å². The second-order valence-corrected chi connectivity index (χ2v) is 8.29. The highest BCUT2D eigenvalue weighted by Crippen LogP contribution is 2.38. The fourth-order valence-electron chi connectivity index (χ4n) is 4.91. The predicted molar refractivity (Wildman–Crippen MR) is 110 cm³/mol. The van der Waals surface area contributed by atoms with Gasteiger partial charge < -0.3 is 16.0 Å². The van der Waals surface area contributed by atoms with Gasteiger partial charge in [0, 0.05) is 56.1 Å². The SMILES string of the molecule is N[C@@H]1CCCN(c2cccc(C3NNC4CNC(c5cccnc5)CC43)n2)C1. The molecule has 3 fully saturated rings. The lowest BCUT2D eigenvalue weighted by Gasteiger charge is -2.35. The van der Waals surface area contributed by atoms with Crippen LogP contribution in [0.4, 0.5) is 5.82 Å². The van der Waals surface area contributed by atoms with Gasteiger partial charge in [0.15, 0.2) is 0 Å². The Hall–Kier alpha value is -2.06. The van der Waals surface area contributed by atoms with E-state index in [-0.39, 0.29) is 12.1 Å². The Morgan fingerprint density at radius 3 is 2.96 bits per heavy atom. The molecule has 0 radical (unpaired) electrons. The number of hydrogen-bond donors (Lipinski definition) is 4. The maximum absolute atomic E-state index is 6.18. The smallest absolute Gasteiger partial charge is 0.128 e. The van der Waals surface area contributed by atoms with Crippen LogP contribution in [-0.2, 0) is 0 Å². The fourth-order valence-corrected chi connectivity index (χ4v) is 4.91. The number of aromatic nitrogens is 2. The van der Waals surface area contributed by atoms with Gasteiger partial charge in [-0.3, -0.25) is 10.4 Å². The van der Waals surface area contributed by atoms with E-state index in [0.717, 1.165) is 50.4 Å². The third kappa shape index (κ3) is 3.51. The number of pyridine rings is 2. The molecular weight excluding hydrogens is 350 g/mol. The van der Waals surface area contributed by atoms with Crippen LogP contribution in [0.15, 0.2) is 42.7 Å². The van der Waals surface area contributed by atoms with Gasteiger partial charge in [-0.05, 0) is 43.0 Å². The summed E-state index contributed by atoms with van der Waals surface area (Å²) < 4.78 is 0. The van der Waals surface area contributed by atoms with Gasteiger partial charge >= 0.3 is 0 Å². The van der Waals surface area contributed by atoms with E-state index >= 15 is 0 Å². The van der Waals surface area contributed by atoms with Crippen LogP contribution in [0.3, 0.4) is 0 Å². The van der Waals surface area contributed by atoms with Gasteiger partial charge in [-0.25, -0.2) is 10.4 Å². The molecule has 5 heterocycles. The summed E-state index contributed by atoms with van der Waals surface area (Å²) in [6, 6.07) is 11.8. The maximum Gasteiger partial charge on any atom is 0.128 e. The van der Waals surface area contributed by atoms with Crippen molar-refractivity contribution in [1.29, 1.82) is 0 Å². The van der Waals surface area contributed by atoms with Crippen molar-refractivity contribution in [2.75, 3.05) is 24.5 Å². The molecule has 0 aromatic carbocycles. The number of nitrogens with zero attached hydrogens (tertiary/aromatic N) is 3. The first-order chi connectivity index (χ1) is 13.8. The maximum atomic E-state index is 6.18. The lowest BCUT2D eigenvalue weighted by Crippen LogP contribution is -2.46. The first-order valence-electron chi connectivity index (χ1n) is 10.4. The molecule has 0 spiro atoms. The Bertz CT molecular complexity index is 798. The molecule has 148 valence electrons. The van der Waals surface area contributed by atoms with Crippen LogP contribution in [0.25, 0.3) is 0 Å². The van der Waals surface area contributed by atoms with E-state index in [0.29, 0.717) is 18.0 Å². The number of hydrogen-bond acceptors (Lipinski definition) is 7. The van der Waals surface area contributed by atoms with E-state index in [4.69, 9.17) is 10.7 Å². The Balaban J connectivity index is 1.35. The topological polar surface area (TPSA) is 91.1 Å². The number of fused-ring (bicyclic) bond motifs is 1. The van der Waals surface area contributed by atoms with Crippen LogP contribution in [0.1, 0.15) is 42.6 Å². The van der Waals surface area contributed by atoms with Crippen molar-refractivity contribution in [2.45, 2.75) is 43.4 Å². The molecule has 7 heteroatoms. The highest BCUT2D eigenvalue weighted by Gasteiger charge is 2.42. The van der Waals surface area contributed by atoms with Gasteiger partial charge in [0.2, 0.25) is 0 Å². The number of anilines is 1. The molecular formula is C21H29N7. The van der Waals surface area contributed by atoms with Crippen molar-refractivity contribution in [3.8, 4) is 0 Å². The third-order valence-electron chi connectivity index (χ3n) is 6.40. The van der Waals surface area contributed by atoms with Crippen LogP contribution >= 0.6 is 0 Å². The van der Waals surface area contributed by atoms with Gasteiger partial charge in [-0.1, -0.05) is 12.1 Å². The summed E-state index contributed by atoms with van der Waals surface area (Å²) in [6.45, 7) is 2.87. The van der Waals surface area contributed by atoms with Gasteiger partial charge in [-0.15, -0.1) is 0 Å². The van der Waals surface area contributed by atoms with Gasteiger partial charge in [0.1, 0.15) is 5.82 Å². The molecule has 3 saturated heterocycles. The van der Waals surface area contributed by atoms with Crippen LogP contribution in [0, 0.1) is 5.92 Å². The van der Waals surface area contributed by atoms with Gasteiger partial charge in [-0.2, -0.15) is 0 Å². The average molecular weight is 380 g/mol. The number of nitrogens with one attached hydrogen (secondary N) is 3. The van der Waals surface area contributed by atoms with Crippen molar-refractivity contribution >= 4 is 5.82 Å². The predicted octanol–water partition coefficient (Wildman–Crippen LogP) is 1.27. The van der Waals surface area contributed by atoms with Crippen LogP contribution in [0.2, 0.25) is 0 Å². The summed E-state index contributed by atoms with van der Waals surface area (Å²) in [5.74, 6) is 1.54. The zero-order valence-electron chi connectivity index (χ0n) is 16.1. The zero-order chi connectivity index (χ0) is 18.9. The summed E-state index contributed by atoms with van der Waals surface area (Å²) in [6.07, 6.45) is 7.11. The third-order valence-corrected chi connectivity index (χ3v) is 6.40. The molecule has 0 saturated carbocycles. The molecule has 5 N–H and O–H groups in total. The zero-order valence-corrected chi connectivity index (χ0v) is 16.1.